The van der Waals surface area contributed by atoms with Crippen LogP contribution in [0.4, 0.5) is 0 Å². The molecule has 0 unspecified atom stereocenters. The first-order valence-corrected chi connectivity index (χ1v) is 10.9. The average Bonchev–Trinajstić information content (AvgIpc) is 3.17. The highest BCUT2D eigenvalue weighted by molar-refractivity contribution is 6.42. The van der Waals surface area contributed by atoms with Crippen LogP contribution >= 0.6 is 23.2 Å². The maximum absolute atomic E-state index is 6.09. The van der Waals surface area contributed by atoms with Crippen LogP contribution in [0.3, 0.4) is 0 Å². The second-order valence-electron chi connectivity index (χ2n) is 7.96. The molecule has 1 aromatic carbocycles. The molecule has 1 aliphatic heterocycles. The van der Waals surface area contributed by atoms with Gasteiger partial charge in [-0.1, -0.05) is 29.3 Å². The van der Waals surface area contributed by atoms with E-state index in [1.807, 2.05) is 12.1 Å². The summed E-state index contributed by atoms with van der Waals surface area (Å²) < 4.78 is 0. The summed E-state index contributed by atoms with van der Waals surface area (Å²) in [6.45, 7) is 10.4. The maximum Gasteiger partial charge on any atom is 0.0595 e. The van der Waals surface area contributed by atoms with Gasteiger partial charge in [-0.3, -0.25) is 0 Å². The molecule has 4 nitrogen and oxygen atoms in total. The third kappa shape index (κ3) is 9.12. The molecule has 0 spiro atoms. The first kappa shape index (κ1) is 22.9. The van der Waals surface area contributed by atoms with Gasteiger partial charge in [0, 0.05) is 45.8 Å². The predicted octanol–water partition coefficient (Wildman–Crippen LogP) is 3.43. The van der Waals surface area contributed by atoms with Gasteiger partial charge in [0.2, 0.25) is 0 Å². The molecular formula is C21H36Cl2N4. The average molecular weight is 415 g/mol. The lowest BCUT2D eigenvalue weighted by atomic mass is 10.1. The molecule has 0 bridgehead atoms. The maximum atomic E-state index is 6.09. The Morgan fingerprint density at radius 2 is 1.33 bits per heavy atom. The highest BCUT2D eigenvalue weighted by atomic mass is 35.5. The molecule has 27 heavy (non-hydrogen) atoms. The van der Waals surface area contributed by atoms with Crippen molar-refractivity contribution < 1.29 is 0 Å². The normalized spacial score (nSPS) is 15.6. The standard InChI is InChI=1S/C21H36Cl2N4/c1-24(11-8-19-6-7-20(22)21(23)18-19)12-13-25(2)14-15-26(3)16-17-27-9-4-5-10-27/h6-7,18H,4-5,8-17H2,1-3H3. The highest BCUT2D eigenvalue weighted by Gasteiger charge is 2.12. The molecule has 1 aromatic rings. The van der Waals surface area contributed by atoms with Gasteiger partial charge in [0.1, 0.15) is 0 Å². The summed E-state index contributed by atoms with van der Waals surface area (Å²) >= 11 is 12.1. The third-order valence-electron chi connectivity index (χ3n) is 5.49. The third-order valence-corrected chi connectivity index (χ3v) is 6.23. The van der Waals surface area contributed by atoms with Crippen molar-refractivity contribution in [2.75, 3.05) is 80.0 Å². The summed E-state index contributed by atoms with van der Waals surface area (Å²) in [6.07, 6.45) is 3.76. The van der Waals surface area contributed by atoms with Crippen LogP contribution in [-0.4, -0.2) is 99.6 Å². The second kappa shape index (κ2) is 12.3. The van der Waals surface area contributed by atoms with E-state index in [-0.39, 0.29) is 0 Å². The Balaban J connectivity index is 1.54. The van der Waals surface area contributed by atoms with Gasteiger partial charge in [0.25, 0.3) is 0 Å². The minimum Gasteiger partial charge on any atom is -0.305 e. The fraction of sp³-hybridized carbons (Fsp3) is 0.714. The summed E-state index contributed by atoms with van der Waals surface area (Å²) in [5.41, 5.74) is 1.24. The Bertz CT molecular complexity index is 549. The van der Waals surface area contributed by atoms with Gasteiger partial charge in [0.15, 0.2) is 0 Å². The van der Waals surface area contributed by atoms with Crippen LogP contribution in [0.2, 0.25) is 10.0 Å². The van der Waals surface area contributed by atoms with Gasteiger partial charge in [-0.15, -0.1) is 0 Å². The lowest BCUT2D eigenvalue weighted by Crippen LogP contribution is -2.38. The monoisotopic (exact) mass is 414 g/mol. The number of hydrogen-bond acceptors (Lipinski definition) is 4. The molecule has 0 atom stereocenters. The quantitative estimate of drug-likeness (QED) is 0.519. The van der Waals surface area contributed by atoms with E-state index in [1.165, 1.54) is 44.6 Å². The first-order chi connectivity index (χ1) is 12.9. The molecule has 0 aliphatic carbocycles. The zero-order chi connectivity index (χ0) is 19.6. The van der Waals surface area contributed by atoms with E-state index in [9.17, 15) is 0 Å². The summed E-state index contributed by atoms with van der Waals surface area (Å²) in [4.78, 5) is 9.87. The zero-order valence-electron chi connectivity index (χ0n) is 17.3. The molecule has 2 rings (SSSR count). The number of nitrogens with zero attached hydrogens (tertiary/aromatic N) is 4. The fourth-order valence-electron chi connectivity index (χ4n) is 3.35. The molecule has 0 radical (unpaired) electrons. The zero-order valence-corrected chi connectivity index (χ0v) is 18.8. The molecule has 1 saturated heterocycles. The fourth-order valence-corrected chi connectivity index (χ4v) is 3.67. The Labute approximate surface area is 176 Å². The summed E-state index contributed by atoms with van der Waals surface area (Å²) in [7, 11) is 6.65. The van der Waals surface area contributed by atoms with Crippen molar-refractivity contribution in [1.29, 1.82) is 0 Å². The molecular weight excluding hydrogens is 379 g/mol. The van der Waals surface area contributed by atoms with Gasteiger partial charge in [0.05, 0.1) is 10.0 Å². The number of hydrogen-bond donors (Lipinski definition) is 0. The Hall–Kier alpha value is -0.360. The van der Waals surface area contributed by atoms with Crippen LogP contribution in [0.25, 0.3) is 0 Å². The van der Waals surface area contributed by atoms with E-state index in [0.29, 0.717) is 10.0 Å². The molecule has 1 aliphatic rings. The van der Waals surface area contributed by atoms with Crippen LogP contribution in [0.15, 0.2) is 18.2 Å². The molecule has 0 saturated carbocycles. The lowest BCUT2D eigenvalue weighted by Gasteiger charge is -2.25. The molecule has 0 amide bonds. The van der Waals surface area contributed by atoms with Crippen molar-refractivity contribution in [3.05, 3.63) is 33.8 Å². The molecule has 1 fully saturated rings. The number of likely N-dealkylation sites (tertiary alicyclic amines) is 1. The predicted molar refractivity (Wildman–Crippen MR) is 118 cm³/mol. The van der Waals surface area contributed by atoms with Crippen LogP contribution in [0.1, 0.15) is 18.4 Å². The minimum absolute atomic E-state index is 0.626. The largest absolute Gasteiger partial charge is 0.305 e. The number of halogens is 2. The van der Waals surface area contributed by atoms with Crippen LogP contribution in [0, 0.1) is 0 Å². The minimum atomic E-state index is 0.626. The van der Waals surface area contributed by atoms with Gasteiger partial charge in [-0.05, 0) is 71.2 Å². The first-order valence-electron chi connectivity index (χ1n) is 10.2. The Kier molecular flexibility index (Phi) is 10.4. The van der Waals surface area contributed by atoms with Gasteiger partial charge < -0.3 is 19.6 Å². The summed E-state index contributed by atoms with van der Waals surface area (Å²) in [5, 5.41) is 1.27. The smallest absolute Gasteiger partial charge is 0.0595 e. The van der Waals surface area contributed by atoms with Gasteiger partial charge in [-0.25, -0.2) is 0 Å². The van der Waals surface area contributed by atoms with Crippen LogP contribution < -0.4 is 0 Å². The number of likely N-dealkylation sites (N-methyl/N-ethyl adjacent to an activating group) is 3. The highest BCUT2D eigenvalue weighted by Crippen LogP contribution is 2.22. The molecule has 154 valence electrons. The van der Waals surface area contributed by atoms with E-state index < -0.39 is 0 Å². The molecule has 0 aromatic heterocycles. The number of benzene rings is 1. The Morgan fingerprint density at radius 3 is 1.93 bits per heavy atom. The van der Waals surface area contributed by atoms with Gasteiger partial charge >= 0.3 is 0 Å². The SMILES string of the molecule is CN(CCc1ccc(Cl)c(Cl)c1)CCN(C)CCN(C)CCN1CCCC1. The van der Waals surface area contributed by atoms with E-state index in [0.717, 1.165) is 39.1 Å². The second-order valence-corrected chi connectivity index (χ2v) is 8.77. The van der Waals surface area contributed by atoms with Crippen molar-refractivity contribution in [2.24, 2.45) is 0 Å². The van der Waals surface area contributed by atoms with E-state index in [4.69, 9.17) is 23.2 Å². The topological polar surface area (TPSA) is 13.0 Å². The van der Waals surface area contributed by atoms with Crippen molar-refractivity contribution in [2.45, 2.75) is 19.3 Å². The van der Waals surface area contributed by atoms with Crippen molar-refractivity contribution in [3.63, 3.8) is 0 Å². The number of rotatable bonds is 12. The Morgan fingerprint density at radius 1 is 0.778 bits per heavy atom. The van der Waals surface area contributed by atoms with Crippen molar-refractivity contribution in [1.82, 2.24) is 19.6 Å². The van der Waals surface area contributed by atoms with E-state index in [1.54, 1.807) is 0 Å². The molecule has 6 heteroatoms. The summed E-state index contributed by atoms with van der Waals surface area (Å²) in [5.74, 6) is 0. The van der Waals surface area contributed by atoms with E-state index in [2.05, 4.69) is 46.8 Å². The summed E-state index contributed by atoms with van der Waals surface area (Å²) in [6, 6.07) is 5.92. The van der Waals surface area contributed by atoms with E-state index >= 15 is 0 Å². The van der Waals surface area contributed by atoms with Crippen LogP contribution in [-0.2, 0) is 6.42 Å². The van der Waals surface area contributed by atoms with Gasteiger partial charge in [-0.2, -0.15) is 0 Å². The van der Waals surface area contributed by atoms with Crippen molar-refractivity contribution >= 4 is 23.2 Å². The molecule has 0 N–H and O–H groups in total. The molecule has 1 heterocycles. The van der Waals surface area contributed by atoms with Crippen molar-refractivity contribution in [3.8, 4) is 0 Å². The lowest BCUT2D eigenvalue weighted by molar-refractivity contribution is 0.211. The van der Waals surface area contributed by atoms with Crippen LogP contribution in [0.5, 0.6) is 0 Å².